The highest BCUT2D eigenvalue weighted by Crippen LogP contribution is 2.24. The molecular formula is C26H33FN2O3S. The third kappa shape index (κ3) is 6.01. The van der Waals surface area contributed by atoms with E-state index in [4.69, 9.17) is 0 Å². The van der Waals surface area contributed by atoms with Crippen LogP contribution in [0.15, 0.2) is 53.4 Å². The Bertz CT molecular complexity index is 1050. The molecule has 2 aliphatic rings. The SMILES string of the molecule is O=C(CCc1ccc(S(=O)(=O)N2CCCCCC2)cc1)N1CCCC1Cc1cccc(F)c1. The van der Waals surface area contributed by atoms with Gasteiger partial charge in [0.15, 0.2) is 0 Å². The lowest BCUT2D eigenvalue weighted by Crippen LogP contribution is -2.37. The van der Waals surface area contributed by atoms with Crippen molar-refractivity contribution < 1.29 is 17.6 Å². The first-order valence-electron chi connectivity index (χ1n) is 12.1. The van der Waals surface area contributed by atoms with Crippen LogP contribution in [0.3, 0.4) is 0 Å². The first-order chi connectivity index (χ1) is 15.9. The Balaban J connectivity index is 1.33. The minimum absolute atomic E-state index is 0.107. The fourth-order valence-electron chi connectivity index (χ4n) is 4.97. The molecule has 2 aromatic carbocycles. The van der Waals surface area contributed by atoms with Crippen molar-refractivity contribution in [3.8, 4) is 0 Å². The molecule has 0 aromatic heterocycles. The summed E-state index contributed by atoms with van der Waals surface area (Å²) < 4.78 is 41.0. The van der Waals surface area contributed by atoms with Crippen molar-refractivity contribution >= 4 is 15.9 Å². The summed E-state index contributed by atoms with van der Waals surface area (Å²) in [5.41, 5.74) is 1.87. The van der Waals surface area contributed by atoms with Crippen LogP contribution in [0.4, 0.5) is 4.39 Å². The average molecular weight is 473 g/mol. The van der Waals surface area contributed by atoms with Crippen LogP contribution in [-0.4, -0.2) is 49.2 Å². The number of hydrogen-bond donors (Lipinski definition) is 0. The number of halogens is 1. The molecule has 4 rings (SSSR count). The summed E-state index contributed by atoms with van der Waals surface area (Å²) in [4.78, 5) is 15.2. The molecule has 0 saturated carbocycles. The predicted octanol–water partition coefficient (Wildman–Crippen LogP) is 4.56. The van der Waals surface area contributed by atoms with Gasteiger partial charge >= 0.3 is 0 Å². The van der Waals surface area contributed by atoms with Crippen molar-refractivity contribution in [3.05, 3.63) is 65.5 Å². The molecule has 2 aromatic rings. The van der Waals surface area contributed by atoms with Crippen LogP contribution in [0, 0.1) is 5.82 Å². The molecular weight excluding hydrogens is 439 g/mol. The van der Waals surface area contributed by atoms with Crippen molar-refractivity contribution in [2.75, 3.05) is 19.6 Å². The number of rotatable bonds is 7. The normalized spacial score (nSPS) is 20.0. The van der Waals surface area contributed by atoms with Gasteiger partial charge in [-0.2, -0.15) is 4.31 Å². The maximum Gasteiger partial charge on any atom is 0.243 e. The molecule has 1 amide bonds. The van der Waals surface area contributed by atoms with Gasteiger partial charge in [-0.05, 0) is 73.9 Å². The number of nitrogens with zero attached hydrogens (tertiary/aromatic N) is 2. The van der Waals surface area contributed by atoms with Gasteiger partial charge in [-0.15, -0.1) is 0 Å². The average Bonchev–Trinajstić information content (AvgIpc) is 3.08. The number of likely N-dealkylation sites (tertiary alicyclic amines) is 1. The highest BCUT2D eigenvalue weighted by molar-refractivity contribution is 7.89. The predicted molar refractivity (Wildman–Crippen MR) is 127 cm³/mol. The molecule has 0 radical (unpaired) electrons. The van der Waals surface area contributed by atoms with Gasteiger partial charge in [-0.3, -0.25) is 4.79 Å². The maximum absolute atomic E-state index is 13.5. The Morgan fingerprint density at radius 1 is 0.909 bits per heavy atom. The number of carbonyl (C=O) groups excluding carboxylic acids is 1. The van der Waals surface area contributed by atoms with E-state index in [1.165, 1.54) is 6.07 Å². The van der Waals surface area contributed by atoms with E-state index in [1.807, 2.05) is 23.1 Å². The Labute approximate surface area is 196 Å². The van der Waals surface area contributed by atoms with E-state index in [9.17, 15) is 17.6 Å². The lowest BCUT2D eigenvalue weighted by Gasteiger charge is -2.25. The standard InChI is InChI=1S/C26H33FN2O3S/c27-23-8-5-7-22(19-23)20-24-9-6-18-29(24)26(30)15-12-21-10-13-25(14-11-21)33(31,32)28-16-3-1-2-4-17-28/h5,7-8,10-11,13-14,19,24H,1-4,6,9,12,15-18,20H2. The molecule has 1 atom stereocenters. The summed E-state index contributed by atoms with van der Waals surface area (Å²) in [5.74, 6) is -0.139. The molecule has 0 aliphatic carbocycles. The first kappa shape index (κ1) is 23.9. The molecule has 1 unspecified atom stereocenters. The van der Waals surface area contributed by atoms with Crippen molar-refractivity contribution in [2.45, 2.75) is 68.7 Å². The van der Waals surface area contributed by atoms with Gasteiger partial charge in [-0.1, -0.05) is 37.1 Å². The Morgan fingerprint density at radius 2 is 1.64 bits per heavy atom. The molecule has 0 bridgehead atoms. The second kappa shape index (κ2) is 10.8. The Morgan fingerprint density at radius 3 is 2.33 bits per heavy atom. The van der Waals surface area contributed by atoms with Gasteiger partial charge in [0.2, 0.25) is 15.9 Å². The summed E-state index contributed by atoms with van der Waals surface area (Å²) in [6.45, 7) is 1.92. The van der Waals surface area contributed by atoms with Gasteiger partial charge in [-0.25, -0.2) is 12.8 Å². The zero-order chi connectivity index (χ0) is 23.3. The molecule has 178 valence electrons. The lowest BCUT2D eigenvalue weighted by atomic mass is 10.0. The van der Waals surface area contributed by atoms with E-state index < -0.39 is 10.0 Å². The Kier molecular flexibility index (Phi) is 7.81. The summed E-state index contributed by atoms with van der Waals surface area (Å²) in [6, 6.07) is 13.7. The lowest BCUT2D eigenvalue weighted by molar-refractivity contribution is -0.131. The number of carbonyl (C=O) groups is 1. The fourth-order valence-corrected chi connectivity index (χ4v) is 6.48. The second-order valence-corrected chi connectivity index (χ2v) is 11.1. The zero-order valence-electron chi connectivity index (χ0n) is 19.1. The van der Waals surface area contributed by atoms with Gasteiger partial charge in [0.1, 0.15) is 5.82 Å². The number of aryl methyl sites for hydroxylation is 1. The maximum atomic E-state index is 13.5. The summed E-state index contributed by atoms with van der Waals surface area (Å²) in [6.07, 6.45) is 7.53. The summed E-state index contributed by atoms with van der Waals surface area (Å²) >= 11 is 0. The van der Waals surface area contributed by atoms with Crippen LogP contribution >= 0.6 is 0 Å². The quantitative estimate of drug-likeness (QED) is 0.594. The van der Waals surface area contributed by atoms with Crippen LogP contribution in [0.2, 0.25) is 0 Å². The van der Waals surface area contributed by atoms with E-state index >= 15 is 0 Å². The van der Waals surface area contributed by atoms with Crippen LogP contribution in [-0.2, 0) is 27.7 Å². The molecule has 2 saturated heterocycles. The highest BCUT2D eigenvalue weighted by Gasteiger charge is 2.29. The monoisotopic (exact) mass is 472 g/mol. The third-order valence-electron chi connectivity index (χ3n) is 6.81. The van der Waals surface area contributed by atoms with Crippen molar-refractivity contribution in [3.63, 3.8) is 0 Å². The van der Waals surface area contributed by atoms with E-state index in [-0.39, 0.29) is 17.8 Å². The van der Waals surface area contributed by atoms with Crippen molar-refractivity contribution in [2.24, 2.45) is 0 Å². The van der Waals surface area contributed by atoms with Gasteiger partial charge in [0.25, 0.3) is 0 Å². The highest BCUT2D eigenvalue weighted by atomic mass is 32.2. The van der Waals surface area contributed by atoms with Crippen LogP contribution in [0.1, 0.15) is 56.1 Å². The fraction of sp³-hybridized carbons (Fsp3) is 0.500. The third-order valence-corrected chi connectivity index (χ3v) is 8.72. The smallest absolute Gasteiger partial charge is 0.243 e. The van der Waals surface area contributed by atoms with Crippen LogP contribution in [0.5, 0.6) is 0 Å². The molecule has 2 aliphatic heterocycles. The molecule has 0 spiro atoms. The molecule has 33 heavy (non-hydrogen) atoms. The summed E-state index contributed by atoms with van der Waals surface area (Å²) in [7, 11) is -3.46. The topological polar surface area (TPSA) is 57.7 Å². The molecule has 2 heterocycles. The van der Waals surface area contributed by atoms with E-state index in [0.717, 1.165) is 56.2 Å². The zero-order valence-corrected chi connectivity index (χ0v) is 19.9. The first-order valence-corrected chi connectivity index (χ1v) is 13.5. The van der Waals surface area contributed by atoms with Gasteiger partial charge in [0.05, 0.1) is 4.90 Å². The van der Waals surface area contributed by atoms with Crippen LogP contribution < -0.4 is 0 Å². The summed E-state index contributed by atoms with van der Waals surface area (Å²) in [5, 5.41) is 0. The number of benzene rings is 2. The number of sulfonamides is 1. The number of amides is 1. The van der Waals surface area contributed by atoms with Gasteiger partial charge < -0.3 is 4.90 Å². The molecule has 0 N–H and O–H groups in total. The van der Waals surface area contributed by atoms with E-state index in [2.05, 4.69) is 0 Å². The largest absolute Gasteiger partial charge is 0.339 e. The Hall–Kier alpha value is -2.25. The van der Waals surface area contributed by atoms with Crippen LogP contribution in [0.25, 0.3) is 0 Å². The number of hydrogen-bond acceptors (Lipinski definition) is 3. The van der Waals surface area contributed by atoms with Crippen molar-refractivity contribution in [1.29, 1.82) is 0 Å². The molecule has 2 fully saturated rings. The minimum Gasteiger partial charge on any atom is -0.339 e. The minimum atomic E-state index is -3.46. The van der Waals surface area contributed by atoms with Gasteiger partial charge in [0, 0.05) is 32.1 Å². The molecule has 5 nitrogen and oxygen atoms in total. The van der Waals surface area contributed by atoms with E-state index in [1.54, 1.807) is 28.6 Å². The van der Waals surface area contributed by atoms with Crippen molar-refractivity contribution in [1.82, 2.24) is 9.21 Å². The second-order valence-electron chi connectivity index (χ2n) is 9.18. The molecule has 7 heteroatoms. The van der Waals surface area contributed by atoms with E-state index in [0.29, 0.717) is 37.2 Å².